The average molecular weight is 237 g/mol. The second-order valence-electron chi connectivity index (χ2n) is 4.32. The molecule has 0 bridgehead atoms. The molecule has 1 aromatic rings. The fourth-order valence-corrected chi connectivity index (χ4v) is 3.09. The van der Waals surface area contributed by atoms with Crippen LogP contribution in [0.1, 0.15) is 48.7 Å². The molecule has 0 radical (unpaired) electrons. The largest absolute Gasteiger partial charge is 0.309 e. The third-order valence-electron chi connectivity index (χ3n) is 3.18. The van der Waals surface area contributed by atoms with Gasteiger partial charge in [-0.25, -0.2) is 0 Å². The Morgan fingerprint density at radius 2 is 2.25 bits per heavy atom. The van der Waals surface area contributed by atoms with E-state index in [1.54, 1.807) is 0 Å². The van der Waals surface area contributed by atoms with E-state index in [9.17, 15) is 0 Å². The van der Waals surface area contributed by atoms with Crippen molar-refractivity contribution in [3.8, 4) is 0 Å². The van der Waals surface area contributed by atoms with Crippen molar-refractivity contribution in [1.82, 2.24) is 14.9 Å². The van der Waals surface area contributed by atoms with Crippen LogP contribution in [-0.2, 0) is 0 Å². The molecule has 1 heterocycles. The monoisotopic (exact) mass is 237 g/mol. The third kappa shape index (κ3) is 2.50. The first-order valence-electron chi connectivity index (χ1n) is 5.98. The van der Waals surface area contributed by atoms with Crippen LogP contribution in [0, 0.1) is 6.92 Å². The maximum absolute atomic E-state index is 4.11. The van der Waals surface area contributed by atoms with Gasteiger partial charge in [0.1, 0.15) is 0 Å². The molecule has 0 amide bonds. The number of nitrogens with zero attached hydrogens (tertiary/aromatic N) is 2. The van der Waals surface area contributed by atoms with Gasteiger partial charge in [-0.15, -0.1) is 5.10 Å². The quantitative estimate of drug-likeness (QED) is 0.821. The number of hydrogen-bond acceptors (Lipinski definition) is 4. The summed E-state index contributed by atoms with van der Waals surface area (Å²) in [6.45, 7) is 2.04. The second-order valence-corrected chi connectivity index (χ2v) is 5.11. The lowest BCUT2D eigenvalue weighted by molar-refractivity contribution is 0.632. The summed E-state index contributed by atoms with van der Waals surface area (Å²) in [5, 5.41) is 7.51. The van der Waals surface area contributed by atoms with E-state index in [2.05, 4.69) is 21.0 Å². The van der Waals surface area contributed by atoms with Crippen LogP contribution >= 0.6 is 11.5 Å². The number of aryl methyl sites for hydroxylation is 1. The van der Waals surface area contributed by atoms with Gasteiger partial charge < -0.3 is 5.32 Å². The lowest BCUT2D eigenvalue weighted by Gasteiger charge is -2.18. The van der Waals surface area contributed by atoms with E-state index in [-0.39, 0.29) is 0 Å². The molecule has 1 aliphatic carbocycles. The summed E-state index contributed by atoms with van der Waals surface area (Å²) in [4.78, 5) is 1.27. The zero-order chi connectivity index (χ0) is 11.4. The molecule has 1 unspecified atom stereocenters. The summed E-state index contributed by atoms with van der Waals surface area (Å²) in [5.74, 6) is 0. The predicted octanol–water partition coefficient (Wildman–Crippen LogP) is 3.00. The summed E-state index contributed by atoms with van der Waals surface area (Å²) >= 11 is 1.52. The standard InChI is InChI=1S/C12H19N3S/c1-9-12(16-15-14-9)11(13-2)10-7-5-3-4-6-8-10/h7,11,13H,3-6,8H2,1-2H3. The molecular weight excluding hydrogens is 218 g/mol. The fraction of sp³-hybridized carbons (Fsp3) is 0.667. The molecule has 1 aliphatic rings. The number of hydrogen-bond donors (Lipinski definition) is 1. The molecule has 0 aliphatic heterocycles. The SMILES string of the molecule is CNC(C1=CCCCCC1)c1snnc1C. The lowest BCUT2D eigenvalue weighted by atomic mass is 10.00. The minimum absolute atomic E-state index is 0.332. The van der Waals surface area contributed by atoms with Gasteiger partial charge in [0.15, 0.2) is 0 Å². The molecule has 1 N–H and O–H groups in total. The van der Waals surface area contributed by atoms with Gasteiger partial charge >= 0.3 is 0 Å². The molecule has 2 rings (SSSR count). The predicted molar refractivity (Wildman–Crippen MR) is 67.6 cm³/mol. The van der Waals surface area contributed by atoms with Crippen LogP contribution in [0.3, 0.4) is 0 Å². The van der Waals surface area contributed by atoms with Crippen LogP contribution in [0.5, 0.6) is 0 Å². The first-order valence-corrected chi connectivity index (χ1v) is 6.75. The van der Waals surface area contributed by atoms with E-state index >= 15 is 0 Å². The maximum atomic E-state index is 4.11. The van der Waals surface area contributed by atoms with Crippen molar-refractivity contribution in [2.24, 2.45) is 0 Å². The average Bonchev–Trinajstić information content (AvgIpc) is 2.57. The normalized spacial score (nSPS) is 19.0. The minimum atomic E-state index is 0.332. The van der Waals surface area contributed by atoms with Gasteiger partial charge in [0.2, 0.25) is 0 Å². The van der Waals surface area contributed by atoms with Crippen molar-refractivity contribution in [2.75, 3.05) is 7.05 Å². The summed E-state index contributed by atoms with van der Waals surface area (Å²) in [6, 6.07) is 0.332. The zero-order valence-electron chi connectivity index (χ0n) is 9.99. The first kappa shape index (κ1) is 11.7. The molecule has 3 nitrogen and oxygen atoms in total. The van der Waals surface area contributed by atoms with Crippen molar-refractivity contribution >= 4 is 11.5 Å². The van der Waals surface area contributed by atoms with Crippen LogP contribution in [0.2, 0.25) is 0 Å². The maximum Gasteiger partial charge on any atom is 0.0776 e. The Morgan fingerprint density at radius 3 is 2.94 bits per heavy atom. The minimum Gasteiger partial charge on any atom is -0.309 e. The summed E-state index contributed by atoms with van der Waals surface area (Å²) in [6.07, 6.45) is 8.85. The second kappa shape index (κ2) is 5.55. The van der Waals surface area contributed by atoms with Crippen LogP contribution in [0.25, 0.3) is 0 Å². The van der Waals surface area contributed by atoms with E-state index in [0.29, 0.717) is 6.04 Å². The van der Waals surface area contributed by atoms with E-state index in [4.69, 9.17) is 0 Å². The Labute approximate surface area is 101 Å². The van der Waals surface area contributed by atoms with E-state index in [0.717, 1.165) is 5.69 Å². The highest BCUT2D eigenvalue weighted by Gasteiger charge is 2.20. The van der Waals surface area contributed by atoms with Crippen LogP contribution < -0.4 is 5.32 Å². The summed E-state index contributed by atoms with van der Waals surface area (Å²) in [7, 11) is 2.02. The van der Waals surface area contributed by atoms with Crippen molar-refractivity contribution in [1.29, 1.82) is 0 Å². The smallest absolute Gasteiger partial charge is 0.0776 e. The van der Waals surface area contributed by atoms with Gasteiger partial charge in [0.25, 0.3) is 0 Å². The molecule has 0 fully saturated rings. The van der Waals surface area contributed by atoms with E-state index < -0.39 is 0 Å². The van der Waals surface area contributed by atoms with Crippen LogP contribution in [0.4, 0.5) is 0 Å². The lowest BCUT2D eigenvalue weighted by Crippen LogP contribution is -2.18. The van der Waals surface area contributed by atoms with Crippen molar-refractivity contribution in [2.45, 2.75) is 45.1 Å². The molecule has 0 saturated heterocycles. The molecule has 0 saturated carbocycles. The molecule has 0 spiro atoms. The van der Waals surface area contributed by atoms with Gasteiger partial charge in [-0.05, 0) is 51.2 Å². The molecule has 88 valence electrons. The molecule has 4 heteroatoms. The van der Waals surface area contributed by atoms with Gasteiger partial charge in [-0.3, -0.25) is 0 Å². The number of rotatable bonds is 3. The van der Waals surface area contributed by atoms with Crippen molar-refractivity contribution < 1.29 is 0 Å². The van der Waals surface area contributed by atoms with Gasteiger partial charge in [-0.1, -0.05) is 22.6 Å². The van der Waals surface area contributed by atoms with E-state index in [1.165, 1.54) is 54.1 Å². The first-order chi connectivity index (χ1) is 7.83. The summed E-state index contributed by atoms with van der Waals surface area (Å²) < 4.78 is 4.03. The Morgan fingerprint density at radius 1 is 1.38 bits per heavy atom. The number of aromatic nitrogens is 2. The highest BCUT2D eigenvalue weighted by Crippen LogP contribution is 2.31. The van der Waals surface area contributed by atoms with Gasteiger partial charge in [0.05, 0.1) is 16.6 Å². The number of nitrogens with one attached hydrogen (secondary N) is 1. The van der Waals surface area contributed by atoms with Crippen molar-refractivity contribution in [3.05, 3.63) is 22.2 Å². The summed E-state index contributed by atoms with van der Waals surface area (Å²) in [5.41, 5.74) is 2.59. The molecule has 16 heavy (non-hydrogen) atoms. The Balaban J connectivity index is 2.21. The van der Waals surface area contributed by atoms with Crippen molar-refractivity contribution in [3.63, 3.8) is 0 Å². The number of likely N-dealkylation sites (N-methyl/N-ethyl adjacent to an activating group) is 1. The Kier molecular flexibility index (Phi) is 4.07. The van der Waals surface area contributed by atoms with Gasteiger partial charge in [0, 0.05) is 0 Å². The van der Waals surface area contributed by atoms with E-state index in [1.807, 2.05) is 14.0 Å². The van der Waals surface area contributed by atoms with Crippen LogP contribution in [-0.4, -0.2) is 16.6 Å². The molecule has 0 aromatic carbocycles. The Bertz CT molecular complexity index is 370. The van der Waals surface area contributed by atoms with Crippen LogP contribution in [0.15, 0.2) is 11.6 Å². The molecular formula is C12H19N3S. The fourth-order valence-electron chi connectivity index (χ4n) is 2.29. The Hall–Kier alpha value is -0.740. The number of allylic oxidation sites excluding steroid dienone is 1. The third-order valence-corrected chi connectivity index (χ3v) is 4.08. The molecule has 1 aromatic heterocycles. The zero-order valence-corrected chi connectivity index (χ0v) is 10.8. The van der Waals surface area contributed by atoms with Gasteiger partial charge in [-0.2, -0.15) is 0 Å². The topological polar surface area (TPSA) is 37.8 Å². The molecule has 1 atom stereocenters. The highest BCUT2D eigenvalue weighted by molar-refractivity contribution is 7.05. The highest BCUT2D eigenvalue weighted by atomic mass is 32.1.